The third-order valence-corrected chi connectivity index (χ3v) is 8.49. The predicted molar refractivity (Wildman–Crippen MR) is 148 cm³/mol. The van der Waals surface area contributed by atoms with Gasteiger partial charge in [0.1, 0.15) is 10.6 Å². The molecule has 0 aliphatic heterocycles. The molecule has 2 aromatic heterocycles. The van der Waals surface area contributed by atoms with E-state index in [1.807, 2.05) is 0 Å². The van der Waals surface area contributed by atoms with E-state index in [-0.39, 0.29) is 28.7 Å². The molecule has 1 aliphatic rings. The Hall–Kier alpha value is -3.90. The molecule has 0 atom stereocenters. The quantitative estimate of drug-likeness (QED) is 0.142. The van der Waals surface area contributed by atoms with Gasteiger partial charge in [-0.25, -0.2) is 4.98 Å². The number of carbonyl (C=O) groups excluding carboxylic acids is 1. The average Bonchev–Trinajstić information content (AvgIpc) is 3.49. The van der Waals surface area contributed by atoms with Crippen molar-refractivity contribution in [3.05, 3.63) is 72.9 Å². The molecule has 12 heteroatoms. The topological polar surface area (TPSA) is 126 Å². The summed E-state index contributed by atoms with van der Waals surface area (Å²) in [5.41, 5.74) is 2.31. The summed E-state index contributed by atoms with van der Waals surface area (Å²) in [6, 6.07) is 9.91. The molecule has 0 spiro atoms. The molecule has 38 heavy (non-hydrogen) atoms. The Bertz CT molecular complexity index is 1630. The number of hydrogen-bond donors (Lipinski definition) is 1. The van der Waals surface area contributed by atoms with Crippen LogP contribution >= 0.6 is 23.1 Å². The van der Waals surface area contributed by atoms with E-state index < -0.39 is 4.92 Å². The fraction of sp³-hybridized carbons (Fsp3) is 0.269. The van der Waals surface area contributed by atoms with Gasteiger partial charge in [0.05, 0.1) is 36.0 Å². The molecular formula is C26H24N4O6S2. The van der Waals surface area contributed by atoms with E-state index in [4.69, 9.17) is 14.5 Å². The highest BCUT2D eigenvalue weighted by atomic mass is 32.2. The number of thiophene rings is 1. The lowest BCUT2D eigenvalue weighted by molar-refractivity contribution is -0.385. The number of ether oxygens (including phenoxy) is 2. The van der Waals surface area contributed by atoms with Crippen LogP contribution in [-0.4, -0.2) is 40.4 Å². The summed E-state index contributed by atoms with van der Waals surface area (Å²) < 4.78 is 11.9. The summed E-state index contributed by atoms with van der Waals surface area (Å²) in [5, 5.41) is 15.1. The third-order valence-electron chi connectivity index (χ3n) is 6.37. The molecule has 2 heterocycles. The van der Waals surface area contributed by atoms with Crippen LogP contribution in [0.1, 0.15) is 22.4 Å². The highest BCUT2D eigenvalue weighted by molar-refractivity contribution is 7.99. The Morgan fingerprint density at radius 3 is 2.66 bits per heavy atom. The first-order valence-electron chi connectivity index (χ1n) is 11.8. The van der Waals surface area contributed by atoms with Crippen molar-refractivity contribution in [1.29, 1.82) is 0 Å². The van der Waals surface area contributed by atoms with E-state index in [0.29, 0.717) is 38.1 Å². The number of rotatable bonds is 8. The normalized spacial score (nSPS) is 12.4. The summed E-state index contributed by atoms with van der Waals surface area (Å²) in [6.07, 6.45) is 2.84. The summed E-state index contributed by atoms with van der Waals surface area (Å²) in [6.45, 7) is 1.67. The van der Waals surface area contributed by atoms with Crippen LogP contribution < -0.4 is 20.3 Å². The van der Waals surface area contributed by atoms with Crippen LogP contribution in [0, 0.1) is 17.0 Å². The van der Waals surface area contributed by atoms with Gasteiger partial charge < -0.3 is 14.8 Å². The molecule has 0 bridgehead atoms. The number of benzene rings is 2. The van der Waals surface area contributed by atoms with Gasteiger partial charge in [-0.3, -0.25) is 24.3 Å². The number of nitrogens with zero attached hydrogens (tertiary/aromatic N) is 3. The number of aromatic nitrogens is 2. The van der Waals surface area contributed by atoms with Crippen molar-refractivity contribution in [3.63, 3.8) is 0 Å². The fourth-order valence-electron chi connectivity index (χ4n) is 4.51. The van der Waals surface area contributed by atoms with Crippen molar-refractivity contribution in [2.75, 3.05) is 25.3 Å². The molecule has 0 saturated heterocycles. The molecule has 4 aromatic rings. The Morgan fingerprint density at radius 2 is 1.97 bits per heavy atom. The minimum Gasteiger partial charge on any atom is -0.497 e. The Labute approximate surface area is 225 Å². The predicted octanol–water partition coefficient (Wildman–Crippen LogP) is 4.90. The maximum atomic E-state index is 13.8. The molecule has 0 fully saturated rings. The second kappa shape index (κ2) is 10.5. The highest BCUT2D eigenvalue weighted by Crippen LogP contribution is 2.36. The van der Waals surface area contributed by atoms with Crippen LogP contribution in [-0.2, 0) is 17.6 Å². The molecule has 1 N–H and O–H groups in total. The molecule has 0 unspecified atom stereocenters. The number of aryl methyl sites for hydroxylation is 3. The molecule has 0 radical (unpaired) electrons. The van der Waals surface area contributed by atoms with Gasteiger partial charge in [0.15, 0.2) is 10.9 Å². The maximum absolute atomic E-state index is 13.8. The van der Waals surface area contributed by atoms with Gasteiger partial charge >= 0.3 is 5.69 Å². The lowest BCUT2D eigenvalue weighted by Gasteiger charge is -2.14. The molecular weight excluding hydrogens is 528 g/mol. The number of carbonyl (C=O) groups is 1. The van der Waals surface area contributed by atoms with Crippen molar-refractivity contribution < 1.29 is 19.2 Å². The molecule has 2 aromatic carbocycles. The van der Waals surface area contributed by atoms with E-state index >= 15 is 0 Å². The number of nitro benzene ring substituents is 1. The van der Waals surface area contributed by atoms with E-state index in [9.17, 15) is 19.7 Å². The number of thioether (sulfide) groups is 1. The lowest BCUT2D eigenvalue weighted by atomic mass is 10.1. The minimum absolute atomic E-state index is 0.0298. The molecule has 0 saturated carbocycles. The number of nitro groups is 1. The number of fused-ring (bicyclic) bond motifs is 3. The SMILES string of the molecule is COc1ccc(-n2c(SCC(=O)Nc3cc(OC)c([N+](=O)[O-])cc3C)nc3sc4c(c3c2=O)CCC4)cc1. The first kappa shape index (κ1) is 25.7. The van der Waals surface area contributed by atoms with Crippen molar-refractivity contribution in [1.82, 2.24) is 9.55 Å². The second-order valence-electron chi connectivity index (χ2n) is 8.70. The van der Waals surface area contributed by atoms with Crippen LogP contribution in [0.25, 0.3) is 15.9 Å². The van der Waals surface area contributed by atoms with E-state index in [2.05, 4.69) is 5.32 Å². The molecule has 1 aliphatic carbocycles. The summed E-state index contributed by atoms with van der Waals surface area (Å²) in [4.78, 5) is 44.1. The Morgan fingerprint density at radius 1 is 1.21 bits per heavy atom. The van der Waals surface area contributed by atoms with Gasteiger partial charge in [0.2, 0.25) is 5.91 Å². The second-order valence-corrected chi connectivity index (χ2v) is 10.7. The van der Waals surface area contributed by atoms with E-state index in [1.165, 1.54) is 24.1 Å². The van der Waals surface area contributed by atoms with Crippen molar-refractivity contribution in [2.24, 2.45) is 0 Å². The van der Waals surface area contributed by atoms with Crippen LogP contribution in [0.4, 0.5) is 11.4 Å². The Kier molecular flexibility index (Phi) is 7.09. The summed E-state index contributed by atoms with van der Waals surface area (Å²) in [7, 11) is 2.91. The van der Waals surface area contributed by atoms with Crippen LogP contribution in [0.3, 0.4) is 0 Å². The summed E-state index contributed by atoms with van der Waals surface area (Å²) in [5.74, 6) is 0.334. The highest BCUT2D eigenvalue weighted by Gasteiger charge is 2.24. The summed E-state index contributed by atoms with van der Waals surface area (Å²) >= 11 is 2.69. The fourth-order valence-corrected chi connectivity index (χ4v) is 6.63. The van der Waals surface area contributed by atoms with Crippen LogP contribution in [0.15, 0.2) is 46.3 Å². The molecule has 1 amide bonds. The largest absolute Gasteiger partial charge is 0.497 e. The van der Waals surface area contributed by atoms with Crippen molar-refractivity contribution in [3.8, 4) is 17.2 Å². The van der Waals surface area contributed by atoms with Gasteiger partial charge in [-0.1, -0.05) is 11.8 Å². The molecule has 5 rings (SSSR count). The van der Waals surface area contributed by atoms with E-state index in [1.54, 1.807) is 54.2 Å². The zero-order valence-electron chi connectivity index (χ0n) is 20.9. The van der Waals surface area contributed by atoms with Gasteiger partial charge in [-0.15, -0.1) is 11.3 Å². The zero-order chi connectivity index (χ0) is 27.0. The van der Waals surface area contributed by atoms with Gasteiger partial charge in [-0.2, -0.15) is 0 Å². The van der Waals surface area contributed by atoms with E-state index in [0.717, 1.165) is 36.6 Å². The number of hydrogen-bond acceptors (Lipinski definition) is 9. The standard InChI is InChI=1S/C26H24N4O6S2/c1-14-11-19(30(33)34)20(36-3)12-18(14)27-22(31)13-37-26-28-24-23(17-5-4-6-21(17)38-24)25(32)29(26)15-7-9-16(35-2)10-8-15/h7-12H,4-6,13H2,1-3H3,(H,27,31). The number of anilines is 1. The zero-order valence-corrected chi connectivity index (χ0v) is 22.5. The van der Waals surface area contributed by atoms with Crippen molar-refractivity contribution >= 4 is 50.6 Å². The van der Waals surface area contributed by atoms with Crippen LogP contribution in [0.2, 0.25) is 0 Å². The van der Waals surface area contributed by atoms with Gasteiger partial charge in [0, 0.05) is 22.7 Å². The smallest absolute Gasteiger partial charge is 0.311 e. The van der Waals surface area contributed by atoms with Gasteiger partial charge in [-0.05, 0) is 61.6 Å². The van der Waals surface area contributed by atoms with Crippen LogP contribution in [0.5, 0.6) is 11.5 Å². The first-order valence-corrected chi connectivity index (χ1v) is 13.6. The third kappa shape index (κ3) is 4.72. The van der Waals surface area contributed by atoms with Crippen molar-refractivity contribution in [2.45, 2.75) is 31.3 Å². The maximum Gasteiger partial charge on any atom is 0.311 e. The minimum atomic E-state index is -0.534. The number of nitrogens with one attached hydrogen (secondary N) is 1. The number of amides is 1. The van der Waals surface area contributed by atoms with Gasteiger partial charge in [0.25, 0.3) is 5.56 Å². The monoisotopic (exact) mass is 552 g/mol. The lowest BCUT2D eigenvalue weighted by Crippen LogP contribution is -2.23. The first-order chi connectivity index (χ1) is 18.3. The average molecular weight is 553 g/mol. The number of methoxy groups -OCH3 is 2. The molecule has 10 nitrogen and oxygen atoms in total. The molecule has 196 valence electrons. The Balaban J connectivity index is 1.47.